The van der Waals surface area contributed by atoms with Gasteiger partial charge in [0.05, 0.1) is 17.9 Å². The molecule has 0 atom stereocenters. The number of anilines is 1. The van der Waals surface area contributed by atoms with Crippen molar-refractivity contribution in [3.63, 3.8) is 0 Å². The van der Waals surface area contributed by atoms with E-state index in [0.29, 0.717) is 12.2 Å². The zero-order chi connectivity index (χ0) is 20.5. The van der Waals surface area contributed by atoms with Crippen molar-refractivity contribution >= 4 is 11.6 Å². The molecular formula is C21H32FN7. The Bertz CT molecular complexity index is 781. The van der Waals surface area contributed by atoms with Crippen LogP contribution in [0.5, 0.6) is 0 Å². The summed E-state index contributed by atoms with van der Waals surface area (Å²) in [6.07, 6.45) is 2.83. The molecule has 1 saturated heterocycles. The lowest BCUT2D eigenvalue weighted by atomic mass is 10.2. The molecule has 0 saturated carbocycles. The van der Waals surface area contributed by atoms with Gasteiger partial charge in [0, 0.05) is 52.5 Å². The Hall–Kier alpha value is -2.61. The molecule has 2 N–H and O–H groups in total. The molecule has 2 heterocycles. The molecule has 0 bridgehead atoms. The van der Waals surface area contributed by atoms with Gasteiger partial charge in [-0.15, -0.1) is 0 Å². The van der Waals surface area contributed by atoms with E-state index in [4.69, 9.17) is 0 Å². The van der Waals surface area contributed by atoms with Gasteiger partial charge in [0.1, 0.15) is 5.82 Å². The van der Waals surface area contributed by atoms with E-state index >= 15 is 0 Å². The summed E-state index contributed by atoms with van der Waals surface area (Å²) in [7, 11) is 1.93. The molecule has 1 aromatic heterocycles. The summed E-state index contributed by atoms with van der Waals surface area (Å²) in [5.74, 6) is 0.699. The number of benzene rings is 1. The number of aryl methyl sites for hydroxylation is 1. The average Bonchev–Trinajstić information content (AvgIpc) is 3.15. The van der Waals surface area contributed by atoms with Crippen LogP contribution in [0.1, 0.15) is 19.0 Å². The van der Waals surface area contributed by atoms with E-state index < -0.39 is 0 Å². The second-order valence-electron chi connectivity index (χ2n) is 7.20. The lowest BCUT2D eigenvalue weighted by Gasteiger charge is -2.36. The Balaban J connectivity index is 1.37. The number of piperazine rings is 1. The third kappa shape index (κ3) is 6.19. The van der Waals surface area contributed by atoms with Crippen molar-refractivity contribution in [2.24, 2.45) is 12.0 Å². The van der Waals surface area contributed by atoms with Crippen molar-refractivity contribution in [3.8, 4) is 0 Å². The number of hydrogen-bond donors (Lipinski definition) is 2. The van der Waals surface area contributed by atoms with Crippen LogP contribution in [0.3, 0.4) is 0 Å². The first-order valence-corrected chi connectivity index (χ1v) is 10.4. The number of aromatic nitrogens is 2. The average molecular weight is 402 g/mol. The third-order valence-corrected chi connectivity index (χ3v) is 5.17. The van der Waals surface area contributed by atoms with Gasteiger partial charge in [0.2, 0.25) is 0 Å². The van der Waals surface area contributed by atoms with E-state index in [-0.39, 0.29) is 5.82 Å². The molecule has 1 fully saturated rings. The molecule has 1 aliphatic rings. The summed E-state index contributed by atoms with van der Waals surface area (Å²) in [4.78, 5) is 9.21. The lowest BCUT2D eigenvalue weighted by Crippen LogP contribution is -2.47. The summed E-state index contributed by atoms with van der Waals surface area (Å²) < 4.78 is 15.8. The SMILES string of the molecule is CCNC(=NCc1ccnn1C)NCCCN1CCN(c2ccccc2F)CC1. The Morgan fingerprint density at radius 1 is 1.14 bits per heavy atom. The number of para-hydroxylation sites is 1. The number of halogens is 1. The van der Waals surface area contributed by atoms with Crippen LogP contribution < -0.4 is 15.5 Å². The van der Waals surface area contributed by atoms with E-state index in [1.165, 1.54) is 6.07 Å². The fourth-order valence-corrected chi connectivity index (χ4v) is 3.49. The second kappa shape index (κ2) is 10.8. The van der Waals surface area contributed by atoms with E-state index in [2.05, 4.69) is 37.4 Å². The van der Waals surface area contributed by atoms with Crippen LogP contribution in [0, 0.1) is 5.82 Å². The summed E-state index contributed by atoms with van der Waals surface area (Å²) in [6, 6.07) is 9.01. The van der Waals surface area contributed by atoms with Crippen LogP contribution >= 0.6 is 0 Å². The summed E-state index contributed by atoms with van der Waals surface area (Å²) in [5, 5.41) is 10.9. The van der Waals surface area contributed by atoms with Crippen LogP contribution in [-0.2, 0) is 13.6 Å². The molecule has 2 aromatic rings. The highest BCUT2D eigenvalue weighted by molar-refractivity contribution is 5.79. The minimum Gasteiger partial charge on any atom is -0.367 e. The van der Waals surface area contributed by atoms with Gasteiger partial charge in [-0.05, 0) is 38.1 Å². The van der Waals surface area contributed by atoms with Gasteiger partial charge in [-0.1, -0.05) is 12.1 Å². The molecule has 0 amide bonds. The summed E-state index contributed by atoms with van der Waals surface area (Å²) in [5.41, 5.74) is 1.80. The van der Waals surface area contributed by atoms with Crippen molar-refractivity contribution in [3.05, 3.63) is 48.0 Å². The third-order valence-electron chi connectivity index (χ3n) is 5.17. The maximum atomic E-state index is 13.9. The first-order chi connectivity index (χ1) is 14.2. The van der Waals surface area contributed by atoms with Crippen molar-refractivity contribution in [1.29, 1.82) is 0 Å². The number of nitrogens with one attached hydrogen (secondary N) is 2. The Morgan fingerprint density at radius 2 is 1.93 bits per heavy atom. The van der Waals surface area contributed by atoms with Gasteiger partial charge in [0.25, 0.3) is 0 Å². The number of hydrogen-bond acceptors (Lipinski definition) is 4. The minimum absolute atomic E-state index is 0.133. The highest BCUT2D eigenvalue weighted by Crippen LogP contribution is 2.20. The van der Waals surface area contributed by atoms with Gasteiger partial charge in [-0.3, -0.25) is 9.58 Å². The van der Waals surface area contributed by atoms with Crippen LogP contribution in [0.4, 0.5) is 10.1 Å². The largest absolute Gasteiger partial charge is 0.367 e. The summed E-state index contributed by atoms with van der Waals surface area (Å²) in [6.45, 7) is 9.04. The molecular weight excluding hydrogens is 369 g/mol. The Kier molecular flexibility index (Phi) is 7.86. The molecule has 8 heteroatoms. The predicted molar refractivity (Wildman–Crippen MR) is 116 cm³/mol. The van der Waals surface area contributed by atoms with Gasteiger partial charge < -0.3 is 15.5 Å². The smallest absolute Gasteiger partial charge is 0.191 e. The van der Waals surface area contributed by atoms with Gasteiger partial charge in [-0.25, -0.2) is 9.38 Å². The standard InChI is InChI=1S/C21H32FN7/c1-3-23-21(25-17-18-9-11-26-27(18)2)24-10-6-12-28-13-15-29(16-14-28)20-8-5-4-7-19(20)22/h4-5,7-9,11H,3,6,10,12-17H2,1-2H3,(H2,23,24,25). The van der Waals surface area contributed by atoms with Crippen molar-refractivity contribution in [1.82, 2.24) is 25.3 Å². The Labute approximate surface area is 172 Å². The maximum absolute atomic E-state index is 13.9. The molecule has 0 aliphatic carbocycles. The molecule has 29 heavy (non-hydrogen) atoms. The zero-order valence-electron chi connectivity index (χ0n) is 17.4. The van der Waals surface area contributed by atoms with Crippen molar-refractivity contribution in [2.75, 3.05) is 50.7 Å². The molecule has 3 rings (SSSR count). The first-order valence-electron chi connectivity index (χ1n) is 10.4. The maximum Gasteiger partial charge on any atom is 0.191 e. The van der Waals surface area contributed by atoms with E-state index in [0.717, 1.165) is 63.9 Å². The highest BCUT2D eigenvalue weighted by atomic mass is 19.1. The molecule has 1 aliphatic heterocycles. The molecule has 0 spiro atoms. The number of rotatable bonds is 8. The Morgan fingerprint density at radius 3 is 2.62 bits per heavy atom. The molecule has 158 valence electrons. The van der Waals surface area contributed by atoms with Crippen molar-refractivity contribution in [2.45, 2.75) is 19.9 Å². The van der Waals surface area contributed by atoms with Crippen LogP contribution in [0.15, 0.2) is 41.5 Å². The fourth-order valence-electron chi connectivity index (χ4n) is 3.49. The lowest BCUT2D eigenvalue weighted by molar-refractivity contribution is 0.254. The minimum atomic E-state index is -0.133. The van der Waals surface area contributed by atoms with Crippen LogP contribution in [0.2, 0.25) is 0 Å². The molecule has 0 unspecified atom stereocenters. The second-order valence-corrected chi connectivity index (χ2v) is 7.20. The number of guanidine groups is 1. The normalized spacial score (nSPS) is 15.6. The zero-order valence-corrected chi connectivity index (χ0v) is 17.4. The van der Waals surface area contributed by atoms with Crippen molar-refractivity contribution < 1.29 is 4.39 Å². The highest BCUT2D eigenvalue weighted by Gasteiger charge is 2.18. The molecule has 1 aromatic carbocycles. The number of aliphatic imine (C=N–C) groups is 1. The topological polar surface area (TPSA) is 60.7 Å². The molecule has 0 radical (unpaired) electrons. The quantitative estimate of drug-likeness (QED) is 0.402. The molecule has 7 nitrogen and oxygen atoms in total. The number of nitrogens with zero attached hydrogens (tertiary/aromatic N) is 5. The van der Waals surface area contributed by atoms with E-state index in [1.807, 2.05) is 29.9 Å². The van der Waals surface area contributed by atoms with Gasteiger partial charge in [-0.2, -0.15) is 5.10 Å². The summed E-state index contributed by atoms with van der Waals surface area (Å²) >= 11 is 0. The van der Waals surface area contributed by atoms with E-state index in [1.54, 1.807) is 12.3 Å². The monoisotopic (exact) mass is 401 g/mol. The fraction of sp³-hybridized carbons (Fsp3) is 0.524. The first kappa shape index (κ1) is 21.1. The van der Waals surface area contributed by atoms with Crippen LogP contribution in [-0.4, -0.2) is 66.5 Å². The van der Waals surface area contributed by atoms with E-state index in [9.17, 15) is 4.39 Å². The van der Waals surface area contributed by atoms with Gasteiger partial charge >= 0.3 is 0 Å². The van der Waals surface area contributed by atoms with Crippen LogP contribution in [0.25, 0.3) is 0 Å². The predicted octanol–water partition coefficient (Wildman–Crippen LogP) is 1.83. The van der Waals surface area contributed by atoms with Gasteiger partial charge in [0.15, 0.2) is 5.96 Å².